The average Bonchev–Trinajstić information content (AvgIpc) is 2.70. The molecule has 3 rings (SSSR count). The van der Waals surface area contributed by atoms with Gasteiger partial charge in [-0.2, -0.15) is 0 Å². The minimum atomic E-state index is -0.254. The highest BCUT2D eigenvalue weighted by Gasteiger charge is 2.19. The first-order valence-electron chi connectivity index (χ1n) is 8.64. The maximum atomic E-state index is 12.3. The quantitative estimate of drug-likeness (QED) is 0.843. The van der Waals surface area contributed by atoms with Gasteiger partial charge >= 0.3 is 0 Å². The van der Waals surface area contributed by atoms with Crippen molar-refractivity contribution in [1.82, 2.24) is 5.32 Å². The molecule has 0 aromatic heterocycles. The first-order valence-corrected chi connectivity index (χ1v) is 8.64. The van der Waals surface area contributed by atoms with E-state index in [4.69, 9.17) is 14.2 Å². The van der Waals surface area contributed by atoms with E-state index < -0.39 is 0 Å². The summed E-state index contributed by atoms with van der Waals surface area (Å²) < 4.78 is 16.1. The molecule has 2 aromatic carbocycles. The van der Waals surface area contributed by atoms with Crippen LogP contribution in [0.25, 0.3) is 0 Å². The van der Waals surface area contributed by atoms with Crippen LogP contribution in [0.5, 0.6) is 17.2 Å². The zero-order valence-electron chi connectivity index (χ0n) is 15.4. The zero-order valence-corrected chi connectivity index (χ0v) is 15.4. The lowest BCUT2D eigenvalue weighted by molar-refractivity contribution is -0.123. The van der Waals surface area contributed by atoms with Gasteiger partial charge in [0.2, 0.25) is 11.8 Å². The molecule has 0 radical (unpaired) electrons. The van der Waals surface area contributed by atoms with Crippen molar-refractivity contribution < 1.29 is 23.8 Å². The number of benzene rings is 2. The van der Waals surface area contributed by atoms with Gasteiger partial charge in [-0.3, -0.25) is 9.59 Å². The van der Waals surface area contributed by atoms with E-state index in [1.54, 1.807) is 25.3 Å². The van der Waals surface area contributed by atoms with Crippen LogP contribution >= 0.6 is 0 Å². The van der Waals surface area contributed by atoms with Gasteiger partial charge in [-0.25, -0.2) is 0 Å². The lowest BCUT2D eigenvalue weighted by Crippen LogP contribution is -2.39. The van der Waals surface area contributed by atoms with Crippen molar-refractivity contribution in [2.75, 3.05) is 31.8 Å². The summed E-state index contributed by atoms with van der Waals surface area (Å²) in [6.45, 7) is 2.67. The van der Waals surface area contributed by atoms with Gasteiger partial charge in [-0.1, -0.05) is 12.1 Å². The largest absolute Gasteiger partial charge is 0.497 e. The highest BCUT2D eigenvalue weighted by molar-refractivity contribution is 5.97. The Kier molecular flexibility index (Phi) is 5.80. The Morgan fingerprint density at radius 1 is 1.07 bits per heavy atom. The summed E-state index contributed by atoms with van der Waals surface area (Å²) >= 11 is 0. The highest BCUT2D eigenvalue weighted by atomic mass is 16.6. The van der Waals surface area contributed by atoms with Crippen molar-refractivity contribution >= 4 is 17.5 Å². The number of hydrogen-bond acceptors (Lipinski definition) is 5. The van der Waals surface area contributed by atoms with E-state index in [0.717, 1.165) is 11.3 Å². The van der Waals surface area contributed by atoms with E-state index in [-0.39, 0.29) is 18.4 Å². The van der Waals surface area contributed by atoms with E-state index in [0.29, 0.717) is 36.9 Å². The van der Waals surface area contributed by atoms with Gasteiger partial charge < -0.3 is 24.4 Å². The van der Waals surface area contributed by atoms with Gasteiger partial charge in [0, 0.05) is 25.2 Å². The highest BCUT2D eigenvalue weighted by Crippen LogP contribution is 2.34. The van der Waals surface area contributed by atoms with Crippen molar-refractivity contribution in [3.05, 3.63) is 48.0 Å². The van der Waals surface area contributed by atoms with Crippen LogP contribution in [0.1, 0.15) is 12.5 Å². The van der Waals surface area contributed by atoms with Crippen LogP contribution in [0.2, 0.25) is 0 Å². The van der Waals surface area contributed by atoms with E-state index in [1.807, 2.05) is 24.3 Å². The molecule has 0 spiro atoms. The van der Waals surface area contributed by atoms with Crippen molar-refractivity contribution in [3.8, 4) is 17.2 Å². The summed E-state index contributed by atoms with van der Waals surface area (Å²) in [5.41, 5.74) is 1.53. The maximum absolute atomic E-state index is 12.3. The Morgan fingerprint density at radius 2 is 1.78 bits per heavy atom. The number of rotatable bonds is 6. The number of nitrogens with zero attached hydrogens (tertiary/aromatic N) is 1. The molecule has 0 aliphatic carbocycles. The van der Waals surface area contributed by atoms with Crippen molar-refractivity contribution in [2.24, 2.45) is 0 Å². The fraction of sp³-hybridized carbons (Fsp3) is 0.300. The third kappa shape index (κ3) is 4.69. The SMILES string of the molecule is COc1ccc(CNC(=O)CN(C(C)=O)c2ccc3c(c2)OCCO3)cc1. The number of nitrogens with one attached hydrogen (secondary N) is 1. The third-order valence-corrected chi connectivity index (χ3v) is 4.17. The molecule has 0 saturated carbocycles. The predicted molar refractivity (Wildman–Crippen MR) is 100 cm³/mol. The summed E-state index contributed by atoms with van der Waals surface area (Å²) in [4.78, 5) is 25.8. The summed E-state index contributed by atoms with van der Waals surface area (Å²) in [7, 11) is 1.60. The Hall–Kier alpha value is -3.22. The molecule has 7 heteroatoms. The van der Waals surface area contributed by atoms with Crippen LogP contribution in [0.15, 0.2) is 42.5 Å². The van der Waals surface area contributed by atoms with Gasteiger partial charge in [0.05, 0.1) is 7.11 Å². The number of methoxy groups -OCH3 is 1. The lowest BCUT2D eigenvalue weighted by atomic mass is 10.2. The molecular weight excluding hydrogens is 348 g/mol. The molecule has 0 fully saturated rings. The fourth-order valence-corrected chi connectivity index (χ4v) is 2.73. The Labute approximate surface area is 157 Å². The van der Waals surface area contributed by atoms with E-state index in [9.17, 15) is 9.59 Å². The van der Waals surface area contributed by atoms with Crippen LogP contribution in [0, 0.1) is 0 Å². The number of hydrogen-bond donors (Lipinski definition) is 1. The van der Waals surface area contributed by atoms with Gasteiger partial charge in [-0.15, -0.1) is 0 Å². The monoisotopic (exact) mass is 370 g/mol. The molecule has 2 amide bonds. The van der Waals surface area contributed by atoms with Crippen molar-refractivity contribution in [3.63, 3.8) is 0 Å². The van der Waals surface area contributed by atoms with Gasteiger partial charge in [0.25, 0.3) is 0 Å². The molecule has 1 heterocycles. The van der Waals surface area contributed by atoms with Gasteiger partial charge in [-0.05, 0) is 29.8 Å². The van der Waals surface area contributed by atoms with Crippen molar-refractivity contribution in [2.45, 2.75) is 13.5 Å². The minimum Gasteiger partial charge on any atom is -0.497 e. The number of fused-ring (bicyclic) bond motifs is 1. The van der Waals surface area contributed by atoms with Crippen LogP contribution in [-0.2, 0) is 16.1 Å². The van der Waals surface area contributed by atoms with E-state index >= 15 is 0 Å². The first-order chi connectivity index (χ1) is 13.1. The van der Waals surface area contributed by atoms with Crippen LogP contribution in [0.3, 0.4) is 0 Å². The van der Waals surface area contributed by atoms with E-state index in [1.165, 1.54) is 11.8 Å². The molecule has 1 N–H and O–H groups in total. The number of ether oxygens (including phenoxy) is 3. The van der Waals surface area contributed by atoms with Crippen LogP contribution < -0.4 is 24.4 Å². The second-order valence-electron chi connectivity index (χ2n) is 6.06. The molecule has 0 saturated heterocycles. The van der Waals surface area contributed by atoms with Crippen molar-refractivity contribution in [1.29, 1.82) is 0 Å². The predicted octanol–water partition coefficient (Wildman–Crippen LogP) is 2.14. The molecule has 0 bridgehead atoms. The smallest absolute Gasteiger partial charge is 0.240 e. The van der Waals surface area contributed by atoms with Gasteiger partial charge in [0.1, 0.15) is 25.5 Å². The summed E-state index contributed by atoms with van der Waals surface area (Å²) in [6, 6.07) is 12.6. The Bertz CT molecular complexity index is 820. The van der Waals surface area contributed by atoms with Crippen LogP contribution in [-0.4, -0.2) is 38.7 Å². The zero-order chi connectivity index (χ0) is 19.2. The number of anilines is 1. The second kappa shape index (κ2) is 8.44. The molecule has 142 valence electrons. The summed E-state index contributed by atoms with van der Waals surface area (Å²) in [6.07, 6.45) is 0. The Balaban J connectivity index is 1.63. The molecule has 27 heavy (non-hydrogen) atoms. The maximum Gasteiger partial charge on any atom is 0.240 e. The lowest BCUT2D eigenvalue weighted by Gasteiger charge is -2.24. The summed E-state index contributed by atoms with van der Waals surface area (Å²) in [5, 5.41) is 2.82. The van der Waals surface area contributed by atoms with Gasteiger partial charge in [0.15, 0.2) is 11.5 Å². The molecular formula is C20H22N2O5. The topological polar surface area (TPSA) is 77.1 Å². The van der Waals surface area contributed by atoms with E-state index in [2.05, 4.69) is 5.32 Å². The molecule has 0 unspecified atom stereocenters. The second-order valence-corrected chi connectivity index (χ2v) is 6.06. The molecule has 1 aliphatic heterocycles. The number of carbonyl (C=O) groups excluding carboxylic acids is 2. The average molecular weight is 370 g/mol. The molecule has 7 nitrogen and oxygen atoms in total. The standard InChI is InChI=1S/C20H22N2O5/c1-14(23)22(16-5-8-18-19(11-16)27-10-9-26-18)13-20(24)21-12-15-3-6-17(25-2)7-4-15/h3-8,11H,9-10,12-13H2,1-2H3,(H,21,24). The minimum absolute atomic E-state index is 0.0782. The molecule has 0 atom stereocenters. The van der Waals surface area contributed by atoms with Crippen LogP contribution in [0.4, 0.5) is 5.69 Å². The molecule has 2 aromatic rings. The first kappa shape index (κ1) is 18.6. The Morgan fingerprint density at radius 3 is 2.44 bits per heavy atom. The normalized spacial score (nSPS) is 12.2. The number of carbonyl (C=O) groups is 2. The summed E-state index contributed by atoms with van der Waals surface area (Å²) in [5.74, 6) is 1.48. The molecule has 1 aliphatic rings. The fourth-order valence-electron chi connectivity index (χ4n) is 2.73. The number of amides is 2. The third-order valence-electron chi connectivity index (χ3n) is 4.17.